The van der Waals surface area contributed by atoms with Gasteiger partial charge in [-0.2, -0.15) is 0 Å². The van der Waals surface area contributed by atoms with Crippen LogP contribution in [0.25, 0.3) is 5.70 Å². The Labute approximate surface area is 245 Å². The summed E-state index contributed by atoms with van der Waals surface area (Å²) in [5.41, 5.74) is 2.36. The number of carbonyl (C=O) groups is 1. The van der Waals surface area contributed by atoms with E-state index in [2.05, 4.69) is 21.1 Å². The van der Waals surface area contributed by atoms with Gasteiger partial charge in [-0.3, -0.25) is 9.80 Å². The third kappa shape index (κ3) is 7.20. The molecule has 0 aromatic heterocycles. The quantitative estimate of drug-likeness (QED) is 0.0661. The molecule has 2 aromatic rings. The van der Waals surface area contributed by atoms with E-state index in [-0.39, 0.29) is 36.2 Å². The van der Waals surface area contributed by atoms with Crippen molar-refractivity contribution in [3.8, 4) is 0 Å². The molecule has 9 nitrogen and oxygen atoms in total. The zero-order valence-electron chi connectivity index (χ0n) is 24.3. The molecule has 11 heteroatoms. The average Bonchev–Trinajstić information content (AvgIpc) is 3.71. The highest BCUT2D eigenvalue weighted by Gasteiger charge is 2.32. The van der Waals surface area contributed by atoms with Crippen molar-refractivity contribution in [3.63, 3.8) is 0 Å². The van der Waals surface area contributed by atoms with Crippen molar-refractivity contribution in [2.45, 2.75) is 77.2 Å². The molecule has 1 amide bonds. The van der Waals surface area contributed by atoms with E-state index in [1.807, 2.05) is 32.9 Å². The van der Waals surface area contributed by atoms with Gasteiger partial charge in [-0.25, -0.2) is 14.6 Å². The Morgan fingerprint density at radius 2 is 2.00 bits per heavy atom. The normalized spacial score (nSPS) is 16.8. The number of hydrogen-bond donors (Lipinski definition) is 5. The van der Waals surface area contributed by atoms with Crippen LogP contribution in [-0.2, 0) is 6.42 Å². The number of aryl methyl sites for hydroxylation is 1. The Balaban J connectivity index is 1.50. The number of alkyl halides is 1. The van der Waals surface area contributed by atoms with Crippen molar-refractivity contribution >= 4 is 23.0 Å². The van der Waals surface area contributed by atoms with Gasteiger partial charge >= 0.3 is 0 Å². The molecule has 4 rings (SSSR count). The van der Waals surface area contributed by atoms with Crippen molar-refractivity contribution in [1.29, 1.82) is 5.41 Å². The largest absolute Gasteiger partial charge is 0.385 e. The zero-order chi connectivity index (χ0) is 30.4. The number of amides is 1. The molecule has 1 heterocycles. The third-order valence-corrected chi connectivity index (χ3v) is 7.99. The predicted octanol–water partition coefficient (Wildman–Crippen LogP) is 5.48. The summed E-state index contributed by atoms with van der Waals surface area (Å²) < 4.78 is 29.1. The maximum absolute atomic E-state index is 15.0. The van der Waals surface area contributed by atoms with Crippen LogP contribution in [-0.4, -0.2) is 41.0 Å². The van der Waals surface area contributed by atoms with Crippen LogP contribution in [0.2, 0.25) is 0 Å². The summed E-state index contributed by atoms with van der Waals surface area (Å²) in [5, 5.41) is 22.6. The SMILES string of the molecule is CCC(F)(CC)CCN/C(=C/C(=N)Cc1cccc(F)c1N=O)C1NC=C(c2ccc(C(=O)N(N)C3CC3)c(C)c2)N1. The molecule has 1 aliphatic heterocycles. The highest BCUT2D eigenvalue weighted by molar-refractivity contribution is 5.96. The van der Waals surface area contributed by atoms with E-state index in [1.54, 1.807) is 24.4 Å². The summed E-state index contributed by atoms with van der Waals surface area (Å²) >= 11 is 0. The Bertz CT molecular complexity index is 1400. The van der Waals surface area contributed by atoms with Crippen LogP contribution in [0.5, 0.6) is 0 Å². The molecule has 2 aliphatic rings. The molecule has 1 fully saturated rings. The summed E-state index contributed by atoms with van der Waals surface area (Å²) in [6, 6.07) is 9.82. The summed E-state index contributed by atoms with van der Waals surface area (Å²) in [6.45, 7) is 5.84. The molecule has 1 atom stereocenters. The van der Waals surface area contributed by atoms with Crippen LogP contribution in [0.1, 0.15) is 73.0 Å². The number of nitrogens with zero attached hydrogens (tertiary/aromatic N) is 2. The molecule has 1 unspecified atom stereocenters. The minimum absolute atomic E-state index is 0.0122. The molecule has 0 spiro atoms. The number of hydrazine groups is 1. The number of hydrogen-bond acceptors (Lipinski definition) is 8. The zero-order valence-corrected chi connectivity index (χ0v) is 24.3. The van der Waals surface area contributed by atoms with Crippen molar-refractivity contribution in [2.24, 2.45) is 11.0 Å². The molecule has 2 aromatic carbocycles. The van der Waals surface area contributed by atoms with Gasteiger partial charge in [0.1, 0.15) is 17.5 Å². The second-order valence-corrected chi connectivity index (χ2v) is 11.0. The van der Waals surface area contributed by atoms with Gasteiger partial charge in [-0.1, -0.05) is 32.0 Å². The fourth-order valence-corrected chi connectivity index (χ4v) is 4.99. The summed E-state index contributed by atoms with van der Waals surface area (Å²) in [4.78, 5) is 24.0. The topological polar surface area (TPSA) is 136 Å². The van der Waals surface area contributed by atoms with Crippen LogP contribution in [0, 0.1) is 23.1 Å². The van der Waals surface area contributed by atoms with Crippen LogP contribution >= 0.6 is 0 Å². The fraction of sp³-hybridized carbons (Fsp3) is 0.419. The molecule has 224 valence electrons. The Morgan fingerprint density at radius 1 is 1.26 bits per heavy atom. The maximum Gasteiger partial charge on any atom is 0.268 e. The first-order valence-corrected chi connectivity index (χ1v) is 14.3. The lowest BCUT2D eigenvalue weighted by Gasteiger charge is -2.25. The molecular formula is C31H39F2N7O2. The number of carbonyl (C=O) groups excluding carboxylic acids is 1. The lowest BCUT2D eigenvalue weighted by molar-refractivity contribution is 0.0742. The number of rotatable bonds is 14. The van der Waals surface area contributed by atoms with E-state index < -0.39 is 17.7 Å². The maximum atomic E-state index is 15.0. The number of nitrogens with one attached hydrogen (secondary N) is 4. The number of nitroso groups, excluding NO2 is 1. The number of allylic oxidation sites excluding steroid dienone is 1. The van der Waals surface area contributed by atoms with Gasteiger partial charge in [0.2, 0.25) is 0 Å². The smallest absolute Gasteiger partial charge is 0.268 e. The lowest BCUT2D eigenvalue weighted by atomic mass is 9.95. The summed E-state index contributed by atoms with van der Waals surface area (Å²) in [5.74, 6) is 5.05. The monoisotopic (exact) mass is 579 g/mol. The van der Waals surface area contributed by atoms with E-state index in [4.69, 9.17) is 11.3 Å². The predicted molar refractivity (Wildman–Crippen MR) is 161 cm³/mol. The van der Waals surface area contributed by atoms with Crippen LogP contribution in [0.15, 0.2) is 59.5 Å². The van der Waals surface area contributed by atoms with E-state index in [0.29, 0.717) is 36.2 Å². The Kier molecular flexibility index (Phi) is 9.72. The van der Waals surface area contributed by atoms with E-state index in [0.717, 1.165) is 35.7 Å². The van der Waals surface area contributed by atoms with Crippen LogP contribution in [0.3, 0.4) is 0 Å². The van der Waals surface area contributed by atoms with E-state index in [9.17, 15) is 14.1 Å². The van der Waals surface area contributed by atoms with Crippen LogP contribution in [0.4, 0.5) is 14.5 Å². The fourth-order valence-electron chi connectivity index (χ4n) is 4.99. The first kappa shape index (κ1) is 30.8. The number of halogens is 2. The Morgan fingerprint density at radius 3 is 2.64 bits per heavy atom. The summed E-state index contributed by atoms with van der Waals surface area (Å²) in [7, 11) is 0. The van der Waals surface area contributed by atoms with Crippen LogP contribution < -0.4 is 21.8 Å². The van der Waals surface area contributed by atoms with Gasteiger partial charge < -0.3 is 21.4 Å². The van der Waals surface area contributed by atoms with Gasteiger partial charge in [0.05, 0.1) is 11.4 Å². The van der Waals surface area contributed by atoms with Gasteiger partial charge in [-0.05, 0) is 85.2 Å². The molecule has 0 bridgehead atoms. The minimum atomic E-state index is -1.30. The molecule has 0 saturated heterocycles. The number of benzene rings is 2. The molecule has 6 N–H and O–H groups in total. The second-order valence-electron chi connectivity index (χ2n) is 11.0. The highest BCUT2D eigenvalue weighted by Crippen LogP contribution is 2.28. The molecular weight excluding hydrogens is 540 g/mol. The van der Waals surface area contributed by atoms with E-state index in [1.165, 1.54) is 11.1 Å². The van der Waals surface area contributed by atoms with Gasteiger partial charge in [0.15, 0.2) is 5.82 Å². The highest BCUT2D eigenvalue weighted by atomic mass is 19.1. The molecule has 1 aliphatic carbocycles. The van der Waals surface area contributed by atoms with Crippen molar-refractivity contribution < 1.29 is 13.6 Å². The minimum Gasteiger partial charge on any atom is -0.385 e. The first-order valence-electron chi connectivity index (χ1n) is 14.3. The van der Waals surface area contributed by atoms with E-state index >= 15 is 4.39 Å². The molecule has 42 heavy (non-hydrogen) atoms. The Hall–Kier alpha value is -4.12. The number of nitrogens with two attached hydrogens (primary N) is 1. The van der Waals surface area contributed by atoms with Crippen molar-refractivity contribution in [2.75, 3.05) is 6.54 Å². The first-order chi connectivity index (χ1) is 20.1. The molecule has 0 radical (unpaired) electrons. The standard InChI is InChI=1S/C31H39F2N7O2/c1-4-31(33,5-2)13-14-36-26(17-22(34)16-21-7-6-8-25(32)28(21)39-42)29-37-18-27(38-29)20-9-12-24(19(3)15-20)30(41)40(35)23-10-11-23/h6-9,12,15,17-18,23,29,34,36-38H,4-5,10-11,13-14,16,35H2,1-3H3/b26-17+,34-22?. The van der Waals surface area contributed by atoms with Crippen molar-refractivity contribution in [1.82, 2.24) is 21.0 Å². The average molecular weight is 580 g/mol. The van der Waals surface area contributed by atoms with Gasteiger partial charge in [0.25, 0.3) is 5.91 Å². The molecule has 1 saturated carbocycles. The second kappa shape index (κ2) is 13.2. The van der Waals surface area contributed by atoms with Gasteiger partial charge in [0, 0.05) is 36.5 Å². The third-order valence-electron chi connectivity index (χ3n) is 7.99. The lowest BCUT2D eigenvalue weighted by Crippen LogP contribution is -2.41. The summed E-state index contributed by atoms with van der Waals surface area (Å²) in [6.07, 6.45) is 5.84. The van der Waals surface area contributed by atoms with Crippen molar-refractivity contribution in [3.05, 3.63) is 87.3 Å². The van der Waals surface area contributed by atoms with Gasteiger partial charge in [-0.15, -0.1) is 4.91 Å².